The second kappa shape index (κ2) is 9.19. The van der Waals surface area contributed by atoms with Gasteiger partial charge in [-0.15, -0.1) is 11.3 Å². The Morgan fingerprint density at radius 2 is 2.07 bits per heavy atom. The number of rotatable bonds is 7. The van der Waals surface area contributed by atoms with Gasteiger partial charge in [0, 0.05) is 9.85 Å². The lowest BCUT2D eigenvalue weighted by molar-refractivity contribution is -0.115. The van der Waals surface area contributed by atoms with Crippen LogP contribution in [0.4, 0.5) is 5.69 Å². The summed E-state index contributed by atoms with van der Waals surface area (Å²) in [4.78, 5) is 21.1. The number of ether oxygens (including phenoxy) is 1. The molecule has 2 heterocycles. The van der Waals surface area contributed by atoms with Crippen molar-refractivity contribution in [2.24, 2.45) is 0 Å². The standard InChI is InChI=1S/C21H18BrN5O2S/c1-14-2-5-17(6-3-14)29-10-21-25-16(11-30-21)9-20(28)26-18-8-15(22)4-7-19(18)27-13-23-12-24-27/h2-8,11-13H,9-10H2,1H3,(H,26,28). The third kappa shape index (κ3) is 5.11. The predicted octanol–water partition coefficient (Wildman–Crippen LogP) is 4.55. The summed E-state index contributed by atoms with van der Waals surface area (Å²) >= 11 is 4.92. The van der Waals surface area contributed by atoms with Crippen LogP contribution in [0.25, 0.3) is 5.69 Å². The number of hydrogen-bond acceptors (Lipinski definition) is 6. The van der Waals surface area contributed by atoms with Crippen LogP contribution in [0.15, 0.2) is 65.0 Å². The van der Waals surface area contributed by atoms with Gasteiger partial charge in [-0.05, 0) is 37.3 Å². The van der Waals surface area contributed by atoms with Gasteiger partial charge in [0.05, 0.1) is 23.5 Å². The number of amides is 1. The lowest BCUT2D eigenvalue weighted by atomic mass is 10.2. The Labute approximate surface area is 185 Å². The first kappa shape index (κ1) is 20.2. The fourth-order valence-corrected chi connectivity index (χ4v) is 3.84. The molecule has 0 saturated heterocycles. The van der Waals surface area contributed by atoms with Crippen molar-refractivity contribution >= 4 is 38.9 Å². The Balaban J connectivity index is 1.38. The van der Waals surface area contributed by atoms with Crippen molar-refractivity contribution in [3.8, 4) is 11.4 Å². The molecule has 0 spiro atoms. The average Bonchev–Trinajstić information content (AvgIpc) is 3.40. The zero-order valence-corrected chi connectivity index (χ0v) is 18.5. The molecule has 30 heavy (non-hydrogen) atoms. The van der Waals surface area contributed by atoms with Crippen molar-refractivity contribution in [2.45, 2.75) is 20.0 Å². The lowest BCUT2D eigenvalue weighted by Gasteiger charge is -2.11. The van der Waals surface area contributed by atoms with Crippen LogP contribution in [-0.2, 0) is 17.8 Å². The molecule has 4 rings (SSSR count). The Morgan fingerprint density at radius 1 is 1.23 bits per heavy atom. The van der Waals surface area contributed by atoms with Gasteiger partial charge < -0.3 is 10.1 Å². The summed E-state index contributed by atoms with van der Waals surface area (Å²) in [6.45, 7) is 2.41. The molecule has 2 aromatic heterocycles. The van der Waals surface area contributed by atoms with Crippen LogP contribution in [-0.4, -0.2) is 25.7 Å². The minimum Gasteiger partial charge on any atom is -0.486 e. The Morgan fingerprint density at radius 3 is 2.83 bits per heavy atom. The van der Waals surface area contributed by atoms with Crippen molar-refractivity contribution in [3.63, 3.8) is 0 Å². The first-order valence-corrected chi connectivity index (χ1v) is 10.8. The summed E-state index contributed by atoms with van der Waals surface area (Å²) in [5, 5.41) is 9.78. The van der Waals surface area contributed by atoms with E-state index < -0.39 is 0 Å². The molecule has 0 fully saturated rings. The lowest BCUT2D eigenvalue weighted by Crippen LogP contribution is -2.16. The molecule has 0 atom stereocenters. The molecule has 0 unspecified atom stereocenters. The number of hydrogen-bond donors (Lipinski definition) is 1. The van der Waals surface area contributed by atoms with Crippen LogP contribution >= 0.6 is 27.3 Å². The first-order valence-electron chi connectivity index (χ1n) is 9.14. The number of halogens is 1. The van der Waals surface area contributed by atoms with E-state index in [-0.39, 0.29) is 12.3 Å². The summed E-state index contributed by atoms with van der Waals surface area (Å²) in [6, 6.07) is 13.4. The molecule has 0 bridgehead atoms. The fraction of sp³-hybridized carbons (Fsp3) is 0.143. The summed E-state index contributed by atoms with van der Waals surface area (Å²) in [7, 11) is 0. The van der Waals surface area contributed by atoms with Crippen molar-refractivity contribution in [2.75, 3.05) is 5.32 Å². The second-order valence-corrected chi connectivity index (χ2v) is 8.42. The van der Waals surface area contributed by atoms with Gasteiger partial charge in [0.2, 0.25) is 5.91 Å². The van der Waals surface area contributed by atoms with Crippen molar-refractivity contribution in [1.82, 2.24) is 19.7 Å². The Hall–Kier alpha value is -3.04. The van der Waals surface area contributed by atoms with E-state index in [1.807, 2.05) is 54.8 Å². The number of anilines is 1. The summed E-state index contributed by atoms with van der Waals surface area (Å²) in [6.07, 6.45) is 3.20. The zero-order chi connectivity index (χ0) is 20.9. The SMILES string of the molecule is Cc1ccc(OCc2nc(CC(=O)Nc3cc(Br)ccc3-n3cncn3)cs2)cc1. The number of thiazole rings is 1. The topological polar surface area (TPSA) is 81.9 Å². The molecule has 0 aliphatic heterocycles. The van der Waals surface area contributed by atoms with Crippen LogP contribution in [0.2, 0.25) is 0 Å². The highest BCUT2D eigenvalue weighted by atomic mass is 79.9. The maximum atomic E-state index is 12.6. The van der Waals surface area contributed by atoms with Gasteiger partial charge >= 0.3 is 0 Å². The average molecular weight is 484 g/mol. The third-order valence-corrected chi connectivity index (χ3v) is 5.59. The van der Waals surface area contributed by atoms with Crippen LogP contribution in [0, 0.1) is 6.92 Å². The molecule has 4 aromatic rings. The number of aromatic nitrogens is 4. The highest BCUT2D eigenvalue weighted by Crippen LogP contribution is 2.24. The van der Waals surface area contributed by atoms with E-state index in [4.69, 9.17) is 4.74 Å². The molecular formula is C21H18BrN5O2S. The number of aryl methyl sites for hydroxylation is 1. The monoisotopic (exact) mass is 483 g/mol. The van der Waals surface area contributed by atoms with Gasteiger partial charge in [0.25, 0.3) is 0 Å². The minimum absolute atomic E-state index is 0.161. The van der Waals surface area contributed by atoms with E-state index in [1.165, 1.54) is 23.2 Å². The summed E-state index contributed by atoms with van der Waals surface area (Å²) in [5.74, 6) is 0.635. The third-order valence-electron chi connectivity index (χ3n) is 4.22. The number of nitrogens with zero attached hydrogens (tertiary/aromatic N) is 4. The van der Waals surface area contributed by atoms with Crippen LogP contribution in [0.1, 0.15) is 16.3 Å². The maximum Gasteiger partial charge on any atom is 0.230 e. The highest BCUT2D eigenvalue weighted by Gasteiger charge is 2.13. The molecule has 152 valence electrons. The summed E-state index contributed by atoms with van der Waals surface area (Å²) < 4.78 is 8.21. The zero-order valence-electron chi connectivity index (χ0n) is 16.1. The van der Waals surface area contributed by atoms with Crippen LogP contribution in [0.3, 0.4) is 0 Å². The number of carbonyl (C=O) groups excluding carboxylic acids is 1. The number of nitrogens with one attached hydrogen (secondary N) is 1. The van der Waals surface area contributed by atoms with Crippen molar-refractivity contribution < 1.29 is 9.53 Å². The van der Waals surface area contributed by atoms with E-state index in [9.17, 15) is 4.79 Å². The minimum atomic E-state index is -0.161. The highest BCUT2D eigenvalue weighted by molar-refractivity contribution is 9.10. The van der Waals surface area contributed by atoms with E-state index in [2.05, 4.69) is 36.3 Å². The van der Waals surface area contributed by atoms with Crippen molar-refractivity contribution in [1.29, 1.82) is 0 Å². The van der Waals surface area contributed by atoms with Gasteiger partial charge in [0.15, 0.2) is 0 Å². The molecule has 9 heteroatoms. The molecule has 0 saturated carbocycles. The van der Waals surface area contributed by atoms with Crippen LogP contribution < -0.4 is 10.1 Å². The second-order valence-electron chi connectivity index (χ2n) is 6.56. The normalized spacial score (nSPS) is 10.7. The van der Waals surface area contributed by atoms with Crippen molar-refractivity contribution in [3.05, 3.63) is 81.2 Å². The Bertz CT molecular complexity index is 1140. The van der Waals surface area contributed by atoms with E-state index >= 15 is 0 Å². The van der Waals surface area contributed by atoms with Crippen LogP contribution in [0.5, 0.6) is 5.75 Å². The molecular weight excluding hydrogens is 466 g/mol. The van der Waals surface area contributed by atoms with Gasteiger partial charge in [-0.25, -0.2) is 14.6 Å². The molecule has 1 amide bonds. The molecule has 0 radical (unpaired) electrons. The van der Waals surface area contributed by atoms with Gasteiger partial charge in [0.1, 0.15) is 30.0 Å². The number of benzene rings is 2. The first-order chi connectivity index (χ1) is 14.6. The largest absolute Gasteiger partial charge is 0.486 e. The molecule has 0 aliphatic carbocycles. The van der Waals surface area contributed by atoms with Gasteiger partial charge in [-0.3, -0.25) is 4.79 Å². The summed E-state index contributed by atoms with van der Waals surface area (Å²) in [5.41, 5.74) is 3.26. The smallest absolute Gasteiger partial charge is 0.230 e. The quantitative estimate of drug-likeness (QED) is 0.416. The molecule has 7 nitrogen and oxygen atoms in total. The Kier molecular flexibility index (Phi) is 6.20. The maximum absolute atomic E-state index is 12.6. The van der Waals surface area contributed by atoms with E-state index in [0.717, 1.165) is 20.9 Å². The molecule has 1 N–H and O–H groups in total. The van der Waals surface area contributed by atoms with E-state index in [0.29, 0.717) is 18.0 Å². The van der Waals surface area contributed by atoms with E-state index in [1.54, 1.807) is 11.0 Å². The predicted molar refractivity (Wildman–Crippen MR) is 119 cm³/mol. The molecule has 0 aliphatic rings. The number of carbonyl (C=O) groups is 1. The van der Waals surface area contributed by atoms with Gasteiger partial charge in [-0.1, -0.05) is 33.6 Å². The van der Waals surface area contributed by atoms with Gasteiger partial charge in [-0.2, -0.15) is 5.10 Å². The molecule has 2 aromatic carbocycles. The fourth-order valence-electron chi connectivity index (χ4n) is 2.78.